The van der Waals surface area contributed by atoms with Crippen LogP contribution in [0.15, 0.2) is 18.3 Å². The SMILES string of the molecule is O=C(Nc1cnn2c1NCCC2)c1ccc(C2CCCO2)s1. The molecule has 0 saturated carbocycles. The molecule has 22 heavy (non-hydrogen) atoms. The van der Waals surface area contributed by atoms with Gasteiger partial charge in [-0.3, -0.25) is 4.79 Å². The molecule has 1 atom stereocenters. The minimum atomic E-state index is -0.0857. The lowest BCUT2D eigenvalue weighted by molar-refractivity contribution is 0.103. The molecule has 4 heterocycles. The minimum Gasteiger partial charge on any atom is -0.373 e. The summed E-state index contributed by atoms with van der Waals surface area (Å²) in [6.45, 7) is 2.62. The quantitative estimate of drug-likeness (QED) is 0.913. The van der Waals surface area contributed by atoms with Crippen LogP contribution in [0, 0.1) is 0 Å². The number of fused-ring (bicyclic) bond motifs is 1. The number of ether oxygens (including phenoxy) is 1. The zero-order chi connectivity index (χ0) is 14.9. The number of thiophene rings is 1. The second kappa shape index (κ2) is 5.73. The Morgan fingerprint density at radius 1 is 1.45 bits per heavy atom. The molecule has 7 heteroatoms. The van der Waals surface area contributed by atoms with Gasteiger partial charge in [0.05, 0.1) is 17.2 Å². The summed E-state index contributed by atoms with van der Waals surface area (Å²) >= 11 is 1.51. The van der Waals surface area contributed by atoms with Gasteiger partial charge >= 0.3 is 0 Å². The zero-order valence-corrected chi connectivity index (χ0v) is 13.0. The van der Waals surface area contributed by atoms with Crippen molar-refractivity contribution in [1.82, 2.24) is 9.78 Å². The van der Waals surface area contributed by atoms with Crippen molar-refractivity contribution in [2.45, 2.75) is 31.9 Å². The molecule has 0 radical (unpaired) electrons. The fourth-order valence-electron chi connectivity index (χ4n) is 2.90. The molecule has 1 amide bonds. The molecule has 1 saturated heterocycles. The summed E-state index contributed by atoms with van der Waals surface area (Å²) in [5.41, 5.74) is 0.747. The lowest BCUT2D eigenvalue weighted by Crippen LogP contribution is -2.19. The molecule has 2 N–H and O–H groups in total. The van der Waals surface area contributed by atoms with Crippen molar-refractivity contribution < 1.29 is 9.53 Å². The molecule has 1 fully saturated rings. The Balaban J connectivity index is 1.49. The van der Waals surface area contributed by atoms with Gasteiger partial charge in [-0.1, -0.05) is 0 Å². The summed E-state index contributed by atoms with van der Waals surface area (Å²) in [7, 11) is 0. The summed E-state index contributed by atoms with van der Waals surface area (Å²) < 4.78 is 7.56. The Morgan fingerprint density at radius 3 is 3.27 bits per heavy atom. The van der Waals surface area contributed by atoms with Crippen LogP contribution in [0.2, 0.25) is 0 Å². The second-order valence-corrected chi connectivity index (χ2v) is 6.68. The maximum atomic E-state index is 12.4. The van der Waals surface area contributed by atoms with E-state index in [1.54, 1.807) is 6.20 Å². The predicted molar refractivity (Wildman–Crippen MR) is 85.5 cm³/mol. The largest absolute Gasteiger partial charge is 0.373 e. The standard InChI is InChI=1S/C15H18N4O2S/c20-15(13-5-4-12(22-13)11-3-1-8-21-11)18-10-9-17-19-7-2-6-16-14(10)19/h4-5,9,11,16H,1-3,6-8H2,(H,18,20). The maximum absolute atomic E-state index is 12.4. The smallest absolute Gasteiger partial charge is 0.265 e. The van der Waals surface area contributed by atoms with Crippen molar-refractivity contribution >= 4 is 28.7 Å². The first-order valence-electron chi connectivity index (χ1n) is 7.63. The zero-order valence-electron chi connectivity index (χ0n) is 12.2. The highest BCUT2D eigenvalue weighted by Gasteiger charge is 2.22. The Labute approximate surface area is 132 Å². The van der Waals surface area contributed by atoms with E-state index in [9.17, 15) is 4.79 Å². The Bertz CT molecular complexity index is 688. The molecule has 2 aliphatic heterocycles. The van der Waals surface area contributed by atoms with Gasteiger partial charge in [-0.2, -0.15) is 5.10 Å². The van der Waals surface area contributed by atoms with Crippen molar-refractivity contribution in [2.75, 3.05) is 23.8 Å². The molecule has 2 aromatic rings. The molecule has 2 aromatic heterocycles. The second-order valence-electron chi connectivity index (χ2n) is 5.57. The van der Waals surface area contributed by atoms with E-state index in [4.69, 9.17) is 4.74 Å². The monoisotopic (exact) mass is 318 g/mol. The Morgan fingerprint density at radius 2 is 2.41 bits per heavy atom. The molecule has 1 unspecified atom stereocenters. The van der Waals surface area contributed by atoms with Gasteiger partial charge in [0.25, 0.3) is 5.91 Å². The Hall–Kier alpha value is -1.86. The van der Waals surface area contributed by atoms with Crippen LogP contribution in [-0.4, -0.2) is 28.8 Å². The summed E-state index contributed by atoms with van der Waals surface area (Å²) in [5, 5.41) is 10.5. The lowest BCUT2D eigenvalue weighted by atomic mass is 10.2. The number of carbonyl (C=O) groups excluding carboxylic acids is 1. The number of anilines is 2. The van der Waals surface area contributed by atoms with Gasteiger partial charge in [-0.15, -0.1) is 11.3 Å². The van der Waals surface area contributed by atoms with Crippen LogP contribution in [-0.2, 0) is 11.3 Å². The van der Waals surface area contributed by atoms with Crippen molar-refractivity contribution in [1.29, 1.82) is 0 Å². The number of hydrogen-bond donors (Lipinski definition) is 2. The van der Waals surface area contributed by atoms with E-state index in [1.807, 2.05) is 16.8 Å². The molecule has 0 bridgehead atoms. The number of aryl methyl sites for hydroxylation is 1. The minimum absolute atomic E-state index is 0.0857. The molecule has 0 spiro atoms. The average Bonchev–Trinajstić information content (AvgIpc) is 3.28. The van der Waals surface area contributed by atoms with Crippen LogP contribution in [0.5, 0.6) is 0 Å². The van der Waals surface area contributed by atoms with Gasteiger partial charge in [0.1, 0.15) is 11.5 Å². The maximum Gasteiger partial charge on any atom is 0.265 e. The average molecular weight is 318 g/mol. The normalized spacial score (nSPS) is 20.5. The first-order chi connectivity index (χ1) is 10.8. The molecular weight excluding hydrogens is 300 g/mol. The number of carbonyl (C=O) groups is 1. The highest BCUT2D eigenvalue weighted by atomic mass is 32.1. The van der Waals surface area contributed by atoms with Crippen LogP contribution in [0.4, 0.5) is 11.5 Å². The third-order valence-corrected chi connectivity index (χ3v) is 5.20. The van der Waals surface area contributed by atoms with Crippen molar-refractivity contribution in [3.63, 3.8) is 0 Å². The van der Waals surface area contributed by atoms with E-state index in [1.165, 1.54) is 11.3 Å². The highest BCUT2D eigenvalue weighted by molar-refractivity contribution is 7.14. The van der Waals surface area contributed by atoms with E-state index in [0.717, 1.165) is 55.3 Å². The molecule has 4 rings (SSSR count). The number of nitrogens with one attached hydrogen (secondary N) is 2. The van der Waals surface area contributed by atoms with Gasteiger partial charge in [-0.05, 0) is 31.4 Å². The molecule has 6 nitrogen and oxygen atoms in total. The van der Waals surface area contributed by atoms with Crippen LogP contribution in [0.1, 0.15) is 39.9 Å². The highest BCUT2D eigenvalue weighted by Crippen LogP contribution is 2.34. The van der Waals surface area contributed by atoms with Gasteiger partial charge in [0.2, 0.25) is 0 Å². The fourth-order valence-corrected chi connectivity index (χ4v) is 3.89. The van der Waals surface area contributed by atoms with Gasteiger partial charge in [0.15, 0.2) is 0 Å². The lowest BCUT2D eigenvalue weighted by Gasteiger charge is -2.16. The van der Waals surface area contributed by atoms with E-state index in [2.05, 4.69) is 15.7 Å². The number of amides is 1. The molecule has 2 aliphatic rings. The summed E-state index contributed by atoms with van der Waals surface area (Å²) in [6, 6.07) is 3.88. The van der Waals surface area contributed by atoms with Crippen LogP contribution < -0.4 is 10.6 Å². The summed E-state index contributed by atoms with van der Waals surface area (Å²) in [4.78, 5) is 14.3. The van der Waals surface area contributed by atoms with E-state index < -0.39 is 0 Å². The van der Waals surface area contributed by atoms with Gasteiger partial charge < -0.3 is 15.4 Å². The fraction of sp³-hybridized carbons (Fsp3) is 0.467. The molecular formula is C15H18N4O2S. The van der Waals surface area contributed by atoms with Crippen molar-refractivity contribution in [3.05, 3.63) is 28.1 Å². The van der Waals surface area contributed by atoms with Crippen LogP contribution >= 0.6 is 11.3 Å². The van der Waals surface area contributed by atoms with E-state index in [-0.39, 0.29) is 12.0 Å². The van der Waals surface area contributed by atoms with Gasteiger partial charge in [0, 0.05) is 24.6 Å². The third-order valence-electron chi connectivity index (χ3n) is 4.02. The Kier molecular flexibility index (Phi) is 3.59. The topological polar surface area (TPSA) is 68.2 Å². The van der Waals surface area contributed by atoms with E-state index in [0.29, 0.717) is 4.88 Å². The summed E-state index contributed by atoms with van der Waals surface area (Å²) in [6.07, 6.45) is 5.07. The molecule has 0 aromatic carbocycles. The molecule has 116 valence electrons. The van der Waals surface area contributed by atoms with Gasteiger partial charge in [-0.25, -0.2) is 4.68 Å². The molecule has 0 aliphatic carbocycles. The van der Waals surface area contributed by atoms with Crippen molar-refractivity contribution in [2.24, 2.45) is 0 Å². The van der Waals surface area contributed by atoms with Crippen LogP contribution in [0.25, 0.3) is 0 Å². The third kappa shape index (κ3) is 2.50. The number of aromatic nitrogens is 2. The first kappa shape index (κ1) is 13.8. The van der Waals surface area contributed by atoms with Crippen LogP contribution in [0.3, 0.4) is 0 Å². The first-order valence-corrected chi connectivity index (χ1v) is 8.45. The van der Waals surface area contributed by atoms with Crippen molar-refractivity contribution in [3.8, 4) is 0 Å². The summed E-state index contributed by atoms with van der Waals surface area (Å²) in [5.74, 6) is 0.813. The predicted octanol–water partition coefficient (Wildman–Crippen LogP) is 2.86. The number of hydrogen-bond acceptors (Lipinski definition) is 5. The number of rotatable bonds is 3. The number of nitrogens with zero attached hydrogens (tertiary/aromatic N) is 2. The van der Waals surface area contributed by atoms with E-state index >= 15 is 0 Å².